The summed E-state index contributed by atoms with van der Waals surface area (Å²) in [6, 6.07) is 3.36. The molecule has 0 aromatic carbocycles. The number of hydrogen-bond acceptors (Lipinski definition) is 5. The van der Waals surface area contributed by atoms with Gasteiger partial charge in [-0.2, -0.15) is 0 Å². The first-order chi connectivity index (χ1) is 8.08. The smallest absolute Gasteiger partial charge is 0.267 e. The van der Waals surface area contributed by atoms with E-state index in [9.17, 15) is 4.79 Å². The first-order valence-corrected chi connectivity index (χ1v) is 5.92. The molecule has 0 aliphatic carbocycles. The lowest BCUT2D eigenvalue weighted by atomic mass is 10.3. The minimum absolute atomic E-state index is 0.246. The molecule has 0 aliphatic rings. The Morgan fingerprint density at radius 2 is 2.35 bits per heavy atom. The second kappa shape index (κ2) is 4.68. The molecule has 3 N–H and O–H groups in total. The zero-order valence-electron chi connectivity index (χ0n) is 8.90. The summed E-state index contributed by atoms with van der Waals surface area (Å²) in [4.78, 5) is 20.2. The number of aryl methyl sites for hydroxylation is 1. The van der Waals surface area contributed by atoms with Gasteiger partial charge in [-0.3, -0.25) is 4.79 Å². The Morgan fingerprint density at radius 1 is 1.59 bits per heavy atom. The Labute approximate surface area is 107 Å². The van der Waals surface area contributed by atoms with Gasteiger partial charge in [0.15, 0.2) is 10.3 Å². The van der Waals surface area contributed by atoms with E-state index in [4.69, 9.17) is 17.3 Å². The van der Waals surface area contributed by atoms with E-state index >= 15 is 0 Å². The number of carbonyl (C=O) groups excluding carboxylic acids is 1. The molecule has 5 nitrogen and oxygen atoms in total. The number of halogens is 1. The van der Waals surface area contributed by atoms with E-state index in [-0.39, 0.29) is 11.1 Å². The minimum Gasteiger partial charge on any atom is -0.375 e. The van der Waals surface area contributed by atoms with Crippen molar-refractivity contribution in [1.29, 1.82) is 0 Å². The number of aromatic nitrogens is 2. The molecule has 0 fully saturated rings. The van der Waals surface area contributed by atoms with Crippen molar-refractivity contribution in [1.82, 2.24) is 9.97 Å². The maximum absolute atomic E-state index is 11.9. The van der Waals surface area contributed by atoms with E-state index in [1.54, 1.807) is 25.3 Å². The number of thiazole rings is 1. The molecular weight excluding hydrogens is 260 g/mol. The summed E-state index contributed by atoms with van der Waals surface area (Å²) in [6.07, 6.45) is 1.55. The molecule has 2 rings (SSSR count). The number of nitrogen functional groups attached to an aromatic ring is 1. The zero-order chi connectivity index (χ0) is 12.4. The average Bonchev–Trinajstić information content (AvgIpc) is 2.61. The number of anilines is 2. The Bertz CT molecular complexity index is 569. The standard InChI is InChI=1S/C10H9ClN4OS/c1-5-7(17-10(12)14-5)9(16)15-6-3-2-4-13-8(6)11/h2-4H,1H3,(H2,12,14)(H,15,16). The van der Waals surface area contributed by atoms with Crippen molar-refractivity contribution in [3.63, 3.8) is 0 Å². The number of amides is 1. The molecule has 1 amide bonds. The van der Waals surface area contributed by atoms with Crippen LogP contribution in [-0.2, 0) is 0 Å². The van der Waals surface area contributed by atoms with Gasteiger partial charge in [0, 0.05) is 6.20 Å². The molecule has 0 unspecified atom stereocenters. The van der Waals surface area contributed by atoms with E-state index in [0.29, 0.717) is 21.4 Å². The third-order valence-corrected chi connectivity index (χ3v) is 3.31. The summed E-state index contributed by atoms with van der Waals surface area (Å²) in [5.41, 5.74) is 6.59. The number of nitrogens with one attached hydrogen (secondary N) is 1. The monoisotopic (exact) mass is 268 g/mol. The molecule has 17 heavy (non-hydrogen) atoms. The van der Waals surface area contributed by atoms with Gasteiger partial charge in [-0.25, -0.2) is 9.97 Å². The summed E-state index contributed by atoms with van der Waals surface area (Å²) in [5, 5.41) is 3.27. The van der Waals surface area contributed by atoms with Crippen LogP contribution in [0.3, 0.4) is 0 Å². The quantitative estimate of drug-likeness (QED) is 0.819. The number of nitrogens with two attached hydrogens (primary N) is 1. The topological polar surface area (TPSA) is 80.9 Å². The highest BCUT2D eigenvalue weighted by molar-refractivity contribution is 7.17. The zero-order valence-corrected chi connectivity index (χ0v) is 10.5. The van der Waals surface area contributed by atoms with Gasteiger partial charge in [0.05, 0.1) is 11.4 Å². The van der Waals surface area contributed by atoms with Gasteiger partial charge < -0.3 is 11.1 Å². The van der Waals surface area contributed by atoms with Gasteiger partial charge in [-0.1, -0.05) is 22.9 Å². The SMILES string of the molecule is Cc1nc(N)sc1C(=O)Nc1cccnc1Cl. The van der Waals surface area contributed by atoms with Gasteiger partial charge in [0.25, 0.3) is 5.91 Å². The van der Waals surface area contributed by atoms with Crippen molar-refractivity contribution >= 4 is 39.7 Å². The molecule has 0 radical (unpaired) electrons. The first kappa shape index (κ1) is 11.8. The molecule has 2 aromatic heterocycles. The van der Waals surface area contributed by atoms with Gasteiger partial charge in [-0.15, -0.1) is 0 Å². The van der Waals surface area contributed by atoms with Crippen LogP contribution in [0.25, 0.3) is 0 Å². The molecule has 0 atom stereocenters. The molecule has 0 saturated heterocycles. The number of nitrogens with zero attached hydrogens (tertiary/aromatic N) is 2. The predicted octanol–water partition coefficient (Wildman–Crippen LogP) is 2.33. The van der Waals surface area contributed by atoms with Crippen molar-refractivity contribution in [3.8, 4) is 0 Å². The van der Waals surface area contributed by atoms with Crippen LogP contribution in [-0.4, -0.2) is 15.9 Å². The lowest BCUT2D eigenvalue weighted by Gasteiger charge is -2.04. The average molecular weight is 269 g/mol. The highest BCUT2D eigenvalue weighted by atomic mass is 35.5. The molecule has 0 spiro atoms. The van der Waals surface area contributed by atoms with E-state index in [0.717, 1.165) is 11.3 Å². The molecule has 88 valence electrons. The Balaban J connectivity index is 2.23. The predicted molar refractivity (Wildman–Crippen MR) is 68.5 cm³/mol. The molecule has 0 aliphatic heterocycles. The number of rotatable bonds is 2. The van der Waals surface area contributed by atoms with E-state index in [1.165, 1.54) is 0 Å². The Hall–Kier alpha value is -1.66. The first-order valence-electron chi connectivity index (χ1n) is 4.72. The number of pyridine rings is 1. The Morgan fingerprint density at radius 3 is 2.94 bits per heavy atom. The number of carbonyl (C=O) groups is 1. The van der Waals surface area contributed by atoms with E-state index in [1.807, 2.05) is 0 Å². The van der Waals surface area contributed by atoms with Gasteiger partial charge in [0.1, 0.15) is 4.88 Å². The highest BCUT2D eigenvalue weighted by Crippen LogP contribution is 2.23. The maximum Gasteiger partial charge on any atom is 0.267 e. The molecular formula is C10H9ClN4OS. The van der Waals surface area contributed by atoms with Crippen LogP contribution in [0.5, 0.6) is 0 Å². The van der Waals surface area contributed by atoms with Crippen molar-refractivity contribution in [2.45, 2.75) is 6.92 Å². The van der Waals surface area contributed by atoms with Crippen molar-refractivity contribution in [2.75, 3.05) is 11.1 Å². The molecule has 2 heterocycles. The lowest BCUT2D eigenvalue weighted by molar-refractivity contribution is 0.103. The van der Waals surface area contributed by atoms with Crippen molar-refractivity contribution in [2.24, 2.45) is 0 Å². The largest absolute Gasteiger partial charge is 0.375 e. The van der Waals surface area contributed by atoms with Crippen LogP contribution >= 0.6 is 22.9 Å². The fraction of sp³-hybridized carbons (Fsp3) is 0.100. The van der Waals surface area contributed by atoms with E-state index < -0.39 is 0 Å². The molecule has 2 aromatic rings. The maximum atomic E-state index is 11.9. The summed E-state index contributed by atoms with van der Waals surface area (Å²) >= 11 is 6.98. The fourth-order valence-corrected chi connectivity index (χ4v) is 2.18. The summed E-state index contributed by atoms with van der Waals surface area (Å²) in [7, 11) is 0. The van der Waals surface area contributed by atoms with Gasteiger partial charge >= 0.3 is 0 Å². The normalized spacial score (nSPS) is 10.2. The van der Waals surface area contributed by atoms with Crippen LogP contribution in [0.2, 0.25) is 5.15 Å². The molecule has 0 bridgehead atoms. The minimum atomic E-state index is -0.286. The van der Waals surface area contributed by atoms with Crippen LogP contribution in [0, 0.1) is 6.92 Å². The summed E-state index contributed by atoms with van der Waals surface area (Å²) in [5.74, 6) is -0.286. The van der Waals surface area contributed by atoms with Crippen LogP contribution in [0.4, 0.5) is 10.8 Å². The third-order valence-electron chi connectivity index (χ3n) is 2.03. The van der Waals surface area contributed by atoms with E-state index in [2.05, 4.69) is 15.3 Å². The van der Waals surface area contributed by atoms with Crippen LogP contribution < -0.4 is 11.1 Å². The second-order valence-electron chi connectivity index (χ2n) is 3.26. The highest BCUT2D eigenvalue weighted by Gasteiger charge is 2.15. The van der Waals surface area contributed by atoms with Crippen LogP contribution in [0.1, 0.15) is 15.4 Å². The molecule has 7 heteroatoms. The Kier molecular flexibility index (Phi) is 3.26. The summed E-state index contributed by atoms with van der Waals surface area (Å²) in [6.45, 7) is 1.73. The summed E-state index contributed by atoms with van der Waals surface area (Å²) < 4.78 is 0. The van der Waals surface area contributed by atoms with Crippen LogP contribution in [0.15, 0.2) is 18.3 Å². The van der Waals surface area contributed by atoms with Crippen molar-refractivity contribution in [3.05, 3.63) is 34.1 Å². The lowest BCUT2D eigenvalue weighted by Crippen LogP contribution is -2.12. The molecule has 0 saturated carbocycles. The fourth-order valence-electron chi connectivity index (χ4n) is 1.29. The van der Waals surface area contributed by atoms with Crippen molar-refractivity contribution < 1.29 is 4.79 Å². The number of hydrogen-bond donors (Lipinski definition) is 2. The second-order valence-corrected chi connectivity index (χ2v) is 4.65. The third kappa shape index (κ3) is 2.54. The van der Waals surface area contributed by atoms with Gasteiger partial charge in [-0.05, 0) is 19.1 Å². The van der Waals surface area contributed by atoms with Gasteiger partial charge in [0.2, 0.25) is 0 Å².